The summed E-state index contributed by atoms with van der Waals surface area (Å²) >= 11 is 0. The minimum Gasteiger partial charge on any atom is -0.463 e. The second-order valence-electron chi connectivity index (χ2n) is 6.80. The van der Waals surface area contributed by atoms with Gasteiger partial charge in [-0.2, -0.15) is 4.98 Å². The summed E-state index contributed by atoms with van der Waals surface area (Å²) in [5.41, 5.74) is 2.49. The molecule has 0 bridgehead atoms. The molecule has 4 rings (SSSR count). The average molecular weight is 424 g/mol. The number of rotatable bonds is 7. The van der Waals surface area contributed by atoms with E-state index < -0.39 is 0 Å². The van der Waals surface area contributed by atoms with Crippen molar-refractivity contribution >= 4 is 34.5 Å². The zero-order valence-corrected chi connectivity index (χ0v) is 16.9. The molecule has 31 heavy (non-hydrogen) atoms. The van der Waals surface area contributed by atoms with Crippen molar-refractivity contribution in [1.82, 2.24) is 23.9 Å². The molecule has 3 heterocycles. The minimum atomic E-state index is -0.374. The second kappa shape index (κ2) is 8.40. The third-order valence-corrected chi connectivity index (χ3v) is 4.46. The number of hydrogen-bond donors (Lipinski definition) is 2. The molecular weight excluding hydrogens is 404 g/mol. The number of ether oxygens (including phenoxy) is 2. The van der Waals surface area contributed by atoms with E-state index in [0.29, 0.717) is 22.8 Å². The lowest BCUT2D eigenvalue weighted by Crippen LogP contribution is -2.15. The fourth-order valence-corrected chi connectivity index (χ4v) is 3.08. The van der Waals surface area contributed by atoms with E-state index >= 15 is 0 Å². The van der Waals surface area contributed by atoms with Gasteiger partial charge in [0.2, 0.25) is 11.7 Å². The lowest BCUT2D eigenvalue weighted by atomic mass is 10.1. The SMILES string of the molecule is CC(=O)Nc1ccc(-c2cn3c(=O)c4ncn(COCCOC(C)=O)c4nc3[nH]2)cc1. The summed E-state index contributed by atoms with van der Waals surface area (Å²) in [5.74, 6) is -0.162. The van der Waals surface area contributed by atoms with Crippen molar-refractivity contribution in [2.75, 3.05) is 18.5 Å². The first-order valence-corrected chi connectivity index (χ1v) is 9.48. The normalized spacial score (nSPS) is 11.2. The number of H-pyrrole nitrogens is 1. The summed E-state index contributed by atoms with van der Waals surface area (Å²) in [4.78, 5) is 46.6. The first-order valence-electron chi connectivity index (χ1n) is 9.48. The number of benzene rings is 1. The molecule has 0 radical (unpaired) electrons. The van der Waals surface area contributed by atoms with Gasteiger partial charge in [0.05, 0.1) is 18.6 Å². The van der Waals surface area contributed by atoms with Gasteiger partial charge in [-0.25, -0.2) is 9.38 Å². The lowest BCUT2D eigenvalue weighted by Gasteiger charge is -2.05. The van der Waals surface area contributed by atoms with Crippen molar-refractivity contribution < 1.29 is 19.1 Å². The molecule has 4 aromatic rings. The molecule has 0 spiro atoms. The maximum absolute atomic E-state index is 12.9. The summed E-state index contributed by atoms with van der Waals surface area (Å²) in [6, 6.07) is 7.21. The number of imidazole rings is 2. The highest BCUT2D eigenvalue weighted by Crippen LogP contribution is 2.21. The molecule has 1 amide bonds. The van der Waals surface area contributed by atoms with Crippen LogP contribution in [0.1, 0.15) is 13.8 Å². The zero-order chi connectivity index (χ0) is 22.0. The van der Waals surface area contributed by atoms with Crippen LogP contribution in [-0.4, -0.2) is 49.0 Å². The molecule has 0 unspecified atom stereocenters. The third kappa shape index (κ3) is 4.31. The number of fused-ring (bicyclic) bond motifs is 2. The van der Waals surface area contributed by atoms with E-state index in [4.69, 9.17) is 9.47 Å². The smallest absolute Gasteiger partial charge is 0.302 e. The van der Waals surface area contributed by atoms with Crippen LogP contribution in [0.4, 0.5) is 5.69 Å². The third-order valence-electron chi connectivity index (χ3n) is 4.46. The number of amides is 1. The number of anilines is 1. The van der Waals surface area contributed by atoms with Crippen LogP contribution in [0.25, 0.3) is 28.2 Å². The van der Waals surface area contributed by atoms with Crippen LogP contribution < -0.4 is 10.9 Å². The molecule has 11 nitrogen and oxygen atoms in total. The Hall–Kier alpha value is -3.99. The Morgan fingerprint density at radius 2 is 1.94 bits per heavy atom. The van der Waals surface area contributed by atoms with E-state index in [-0.39, 0.29) is 42.9 Å². The number of nitrogens with one attached hydrogen (secondary N) is 2. The van der Waals surface area contributed by atoms with Crippen LogP contribution >= 0.6 is 0 Å². The molecule has 1 aromatic carbocycles. The molecular formula is C20H20N6O5. The van der Waals surface area contributed by atoms with Gasteiger partial charge < -0.3 is 19.8 Å². The highest BCUT2D eigenvalue weighted by molar-refractivity contribution is 5.89. The fourth-order valence-electron chi connectivity index (χ4n) is 3.08. The van der Waals surface area contributed by atoms with Crippen molar-refractivity contribution in [1.29, 1.82) is 0 Å². The molecule has 3 aromatic heterocycles. The molecule has 0 fully saturated rings. The zero-order valence-electron chi connectivity index (χ0n) is 16.9. The highest BCUT2D eigenvalue weighted by atomic mass is 16.6. The molecule has 160 valence electrons. The van der Waals surface area contributed by atoms with Crippen LogP contribution in [0, 0.1) is 0 Å². The van der Waals surface area contributed by atoms with E-state index in [0.717, 1.165) is 5.56 Å². The van der Waals surface area contributed by atoms with Crippen LogP contribution in [0.5, 0.6) is 0 Å². The fraction of sp³-hybridized carbons (Fsp3) is 0.250. The van der Waals surface area contributed by atoms with Crippen molar-refractivity contribution in [3.63, 3.8) is 0 Å². The summed E-state index contributed by atoms with van der Waals surface area (Å²) in [5, 5.41) is 2.71. The standard InChI is InChI=1S/C20H20N6O5/c1-12(27)22-15-5-3-14(4-6-15)16-9-26-19(29)17-18(24-20(26)23-16)25(10-21-17)11-30-7-8-31-13(2)28/h3-6,9-10H,7-8,11H2,1-2H3,(H,22,27)(H,23,24). The molecule has 11 heteroatoms. The van der Waals surface area contributed by atoms with Crippen molar-refractivity contribution in [3.05, 3.63) is 47.1 Å². The predicted octanol–water partition coefficient (Wildman–Crippen LogP) is 1.53. The van der Waals surface area contributed by atoms with E-state index in [9.17, 15) is 14.4 Å². The first kappa shape index (κ1) is 20.3. The van der Waals surface area contributed by atoms with Gasteiger partial charge in [-0.05, 0) is 17.7 Å². The Bertz CT molecular complexity index is 1320. The summed E-state index contributed by atoms with van der Waals surface area (Å²) < 4.78 is 13.3. The highest BCUT2D eigenvalue weighted by Gasteiger charge is 2.14. The molecule has 0 aliphatic rings. The van der Waals surface area contributed by atoms with E-state index in [1.807, 2.05) is 12.1 Å². The largest absolute Gasteiger partial charge is 0.463 e. The Balaban J connectivity index is 1.59. The number of carbonyl (C=O) groups is 2. The first-order chi connectivity index (χ1) is 14.9. The van der Waals surface area contributed by atoms with E-state index in [1.165, 1.54) is 24.6 Å². The van der Waals surface area contributed by atoms with Gasteiger partial charge >= 0.3 is 5.97 Å². The predicted molar refractivity (Wildman–Crippen MR) is 111 cm³/mol. The molecule has 0 aliphatic carbocycles. The Morgan fingerprint density at radius 3 is 2.65 bits per heavy atom. The maximum atomic E-state index is 12.9. The topological polar surface area (TPSA) is 133 Å². The van der Waals surface area contributed by atoms with Crippen molar-refractivity contribution in [3.8, 4) is 11.3 Å². The minimum absolute atomic E-state index is 0.110. The van der Waals surface area contributed by atoms with Gasteiger partial charge in [0, 0.05) is 25.7 Å². The van der Waals surface area contributed by atoms with Gasteiger partial charge in [-0.15, -0.1) is 0 Å². The Morgan fingerprint density at radius 1 is 1.16 bits per heavy atom. The van der Waals surface area contributed by atoms with Gasteiger partial charge in [0.1, 0.15) is 13.3 Å². The average Bonchev–Trinajstić information content (AvgIpc) is 3.33. The molecule has 2 N–H and O–H groups in total. The van der Waals surface area contributed by atoms with Gasteiger partial charge in [-0.1, -0.05) is 12.1 Å². The summed E-state index contributed by atoms with van der Waals surface area (Å²) in [7, 11) is 0. The van der Waals surface area contributed by atoms with Gasteiger partial charge in [0.25, 0.3) is 5.56 Å². The van der Waals surface area contributed by atoms with Crippen LogP contribution in [0.15, 0.2) is 41.6 Å². The number of nitrogens with zero attached hydrogens (tertiary/aromatic N) is 4. The van der Waals surface area contributed by atoms with E-state index in [2.05, 4.69) is 20.3 Å². The number of aromatic nitrogens is 5. The lowest BCUT2D eigenvalue weighted by molar-refractivity contribution is -0.142. The number of esters is 1. The van der Waals surface area contributed by atoms with Crippen molar-refractivity contribution in [2.45, 2.75) is 20.6 Å². The van der Waals surface area contributed by atoms with Crippen LogP contribution in [0.3, 0.4) is 0 Å². The summed E-state index contributed by atoms with van der Waals surface area (Å²) in [6.07, 6.45) is 3.14. The molecule has 0 atom stereocenters. The van der Waals surface area contributed by atoms with Gasteiger partial charge in [0.15, 0.2) is 11.2 Å². The quantitative estimate of drug-likeness (QED) is 0.340. The van der Waals surface area contributed by atoms with Crippen LogP contribution in [0.2, 0.25) is 0 Å². The van der Waals surface area contributed by atoms with Gasteiger partial charge in [-0.3, -0.25) is 19.0 Å². The van der Waals surface area contributed by atoms with E-state index in [1.54, 1.807) is 22.9 Å². The molecule has 0 aliphatic heterocycles. The Labute approximate surface area is 175 Å². The number of carbonyl (C=O) groups excluding carboxylic acids is 2. The molecule has 0 saturated heterocycles. The Kier molecular flexibility index (Phi) is 5.50. The molecule has 0 saturated carbocycles. The maximum Gasteiger partial charge on any atom is 0.302 e. The summed E-state index contributed by atoms with van der Waals surface area (Å²) in [6.45, 7) is 3.23. The second-order valence-corrected chi connectivity index (χ2v) is 6.80. The number of aromatic amines is 1. The monoisotopic (exact) mass is 424 g/mol. The van der Waals surface area contributed by atoms with Crippen LogP contribution in [-0.2, 0) is 25.8 Å². The van der Waals surface area contributed by atoms with Crippen molar-refractivity contribution in [2.24, 2.45) is 0 Å². The number of hydrogen-bond acceptors (Lipinski definition) is 7.